The number of rotatable bonds is 8. The van der Waals surface area contributed by atoms with Crippen LogP contribution in [0.15, 0.2) is 84.9 Å². The van der Waals surface area contributed by atoms with Gasteiger partial charge >= 0.3 is 0 Å². The van der Waals surface area contributed by atoms with Crippen LogP contribution in [0.1, 0.15) is 0 Å². The molecule has 0 amide bonds. The Labute approximate surface area is 160 Å². The first-order valence-electron chi connectivity index (χ1n) is 9.56. The Balaban J connectivity index is 1.22. The van der Waals surface area contributed by atoms with Gasteiger partial charge < -0.3 is 16.0 Å². The quantitative estimate of drug-likeness (QED) is 0.385. The first kappa shape index (κ1) is 17.4. The van der Waals surface area contributed by atoms with Crippen molar-refractivity contribution >= 4 is 32.9 Å². The average molecular weight is 355 g/mol. The highest BCUT2D eigenvalue weighted by Gasteiger charge is 2.00. The van der Waals surface area contributed by atoms with Crippen LogP contribution >= 0.6 is 0 Å². The summed E-state index contributed by atoms with van der Waals surface area (Å²) >= 11 is 0. The minimum absolute atomic E-state index is 0.905. The molecule has 0 heterocycles. The molecule has 0 aliphatic carbocycles. The maximum absolute atomic E-state index is 3.54. The minimum Gasteiger partial charge on any atom is -0.383 e. The molecule has 3 nitrogen and oxygen atoms in total. The van der Waals surface area contributed by atoms with Crippen molar-refractivity contribution in [1.29, 1.82) is 0 Å². The normalized spacial score (nSPS) is 11.0. The zero-order valence-corrected chi connectivity index (χ0v) is 15.4. The van der Waals surface area contributed by atoms with E-state index in [-0.39, 0.29) is 0 Å². The summed E-state index contributed by atoms with van der Waals surface area (Å²) in [5.41, 5.74) is 2.40. The highest BCUT2D eigenvalue weighted by atomic mass is 15.0. The second-order valence-corrected chi connectivity index (χ2v) is 6.66. The van der Waals surface area contributed by atoms with Crippen LogP contribution in [0.25, 0.3) is 21.5 Å². The molecule has 0 radical (unpaired) electrons. The first-order valence-corrected chi connectivity index (χ1v) is 9.56. The molecule has 0 saturated carbocycles. The predicted octanol–water partition coefficient (Wildman–Crippen LogP) is 5.11. The largest absolute Gasteiger partial charge is 0.383 e. The molecule has 136 valence electrons. The molecule has 27 heavy (non-hydrogen) atoms. The van der Waals surface area contributed by atoms with E-state index < -0.39 is 0 Å². The number of benzene rings is 4. The first-order chi connectivity index (χ1) is 13.4. The van der Waals surface area contributed by atoms with E-state index in [2.05, 4.69) is 101 Å². The maximum Gasteiger partial charge on any atom is 0.0420 e. The van der Waals surface area contributed by atoms with Crippen LogP contribution in [0.4, 0.5) is 11.4 Å². The van der Waals surface area contributed by atoms with Crippen molar-refractivity contribution in [3.05, 3.63) is 84.9 Å². The number of anilines is 2. The molecule has 0 spiro atoms. The molecule has 4 aromatic carbocycles. The zero-order valence-electron chi connectivity index (χ0n) is 15.4. The van der Waals surface area contributed by atoms with Gasteiger partial charge in [0.05, 0.1) is 0 Å². The van der Waals surface area contributed by atoms with Gasteiger partial charge in [-0.05, 0) is 22.9 Å². The fourth-order valence-electron chi connectivity index (χ4n) is 3.46. The van der Waals surface area contributed by atoms with Gasteiger partial charge in [-0.15, -0.1) is 0 Å². The lowest BCUT2D eigenvalue weighted by molar-refractivity contribution is 0.719. The van der Waals surface area contributed by atoms with Gasteiger partial charge in [0, 0.05) is 48.3 Å². The van der Waals surface area contributed by atoms with Crippen molar-refractivity contribution in [3.8, 4) is 0 Å². The Morgan fingerprint density at radius 2 is 0.889 bits per heavy atom. The topological polar surface area (TPSA) is 36.1 Å². The Bertz CT molecular complexity index is 932. The number of hydrogen-bond donors (Lipinski definition) is 3. The smallest absolute Gasteiger partial charge is 0.0420 e. The van der Waals surface area contributed by atoms with Gasteiger partial charge in [-0.3, -0.25) is 0 Å². The van der Waals surface area contributed by atoms with Crippen molar-refractivity contribution in [2.75, 3.05) is 36.8 Å². The van der Waals surface area contributed by atoms with Crippen molar-refractivity contribution in [2.24, 2.45) is 0 Å². The van der Waals surface area contributed by atoms with E-state index in [0.29, 0.717) is 0 Å². The van der Waals surface area contributed by atoms with Gasteiger partial charge in [0.25, 0.3) is 0 Å². The Kier molecular flexibility index (Phi) is 5.51. The summed E-state index contributed by atoms with van der Waals surface area (Å²) in [7, 11) is 0. The Morgan fingerprint density at radius 1 is 0.444 bits per heavy atom. The third-order valence-corrected chi connectivity index (χ3v) is 4.81. The van der Waals surface area contributed by atoms with Gasteiger partial charge in [0.2, 0.25) is 0 Å². The molecular formula is C24H25N3. The number of fused-ring (bicyclic) bond motifs is 2. The summed E-state index contributed by atoms with van der Waals surface area (Å²) in [5.74, 6) is 0. The number of hydrogen-bond acceptors (Lipinski definition) is 3. The van der Waals surface area contributed by atoms with Gasteiger partial charge in [-0.2, -0.15) is 0 Å². The molecule has 0 aromatic heterocycles. The maximum atomic E-state index is 3.54. The third kappa shape index (κ3) is 4.21. The minimum atomic E-state index is 0.905. The lowest BCUT2D eigenvalue weighted by Crippen LogP contribution is -2.27. The fraction of sp³-hybridized carbons (Fsp3) is 0.167. The van der Waals surface area contributed by atoms with E-state index in [0.717, 1.165) is 26.2 Å². The van der Waals surface area contributed by atoms with Gasteiger partial charge in [0.15, 0.2) is 0 Å². The van der Waals surface area contributed by atoms with Crippen LogP contribution in [0.3, 0.4) is 0 Å². The van der Waals surface area contributed by atoms with E-state index >= 15 is 0 Å². The molecule has 4 aromatic rings. The van der Waals surface area contributed by atoms with E-state index in [1.165, 1.54) is 32.9 Å². The second kappa shape index (κ2) is 8.56. The molecule has 0 atom stereocenters. The predicted molar refractivity (Wildman–Crippen MR) is 118 cm³/mol. The lowest BCUT2D eigenvalue weighted by Gasteiger charge is -2.12. The third-order valence-electron chi connectivity index (χ3n) is 4.81. The lowest BCUT2D eigenvalue weighted by atomic mass is 10.1. The molecule has 0 aliphatic rings. The monoisotopic (exact) mass is 355 g/mol. The van der Waals surface area contributed by atoms with Crippen molar-refractivity contribution in [2.45, 2.75) is 0 Å². The summed E-state index contributed by atoms with van der Waals surface area (Å²) in [6, 6.07) is 29.8. The van der Waals surface area contributed by atoms with E-state index in [4.69, 9.17) is 0 Å². The highest BCUT2D eigenvalue weighted by molar-refractivity contribution is 5.94. The molecule has 0 saturated heterocycles. The van der Waals surface area contributed by atoms with Crippen LogP contribution in [0.2, 0.25) is 0 Å². The summed E-state index contributed by atoms with van der Waals surface area (Å²) in [6.07, 6.45) is 0. The molecule has 0 fully saturated rings. The van der Waals surface area contributed by atoms with Gasteiger partial charge in [-0.25, -0.2) is 0 Å². The van der Waals surface area contributed by atoms with Crippen LogP contribution < -0.4 is 16.0 Å². The molecular weight excluding hydrogens is 330 g/mol. The second-order valence-electron chi connectivity index (χ2n) is 6.66. The molecule has 4 rings (SSSR count). The standard InChI is InChI=1S/C24H25N3/c1-3-11-21-19(7-1)9-5-13-23(21)26-17-15-25-16-18-27-24-14-6-10-20-8-2-4-12-22(20)24/h1-14,25-27H,15-18H2. The van der Waals surface area contributed by atoms with Gasteiger partial charge in [-0.1, -0.05) is 72.8 Å². The van der Waals surface area contributed by atoms with Crippen LogP contribution in [0, 0.1) is 0 Å². The van der Waals surface area contributed by atoms with E-state index in [1.54, 1.807) is 0 Å². The SMILES string of the molecule is c1ccc2c(NCCNCCNc3cccc4ccccc34)cccc2c1. The molecule has 3 N–H and O–H groups in total. The molecule has 0 aliphatic heterocycles. The van der Waals surface area contributed by atoms with Crippen LogP contribution in [-0.2, 0) is 0 Å². The van der Waals surface area contributed by atoms with Crippen molar-refractivity contribution in [1.82, 2.24) is 5.32 Å². The fourth-order valence-corrected chi connectivity index (χ4v) is 3.46. The van der Waals surface area contributed by atoms with Crippen molar-refractivity contribution in [3.63, 3.8) is 0 Å². The average Bonchev–Trinajstić information content (AvgIpc) is 2.73. The summed E-state index contributed by atoms with van der Waals surface area (Å²) < 4.78 is 0. The van der Waals surface area contributed by atoms with Crippen LogP contribution in [0.5, 0.6) is 0 Å². The van der Waals surface area contributed by atoms with Crippen LogP contribution in [-0.4, -0.2) is 26.2 Å². The van der Waals surface area contributed by atoms with Gasteiger partial charge in [0.1, 0.15) is 0 Å². The summed E-state index contributed by atoms with van der Waals surface area (Å²) in [5, 5.41) is 15.7. The summed E-state index contributed by atoms with van der Waals surface area (Å²) in [6.45, 7) is 3.67. The Morgan fingerprint density at radius 3 is 1.41 bits per heavy atom. The Hall–Kier alpha value is -3.04. The number of nitrogens with one attached hydrogen (secondary N) is 3. The molecule has 3 heteroatoms. The highest BCUT2D eigenvalue weighted by Crippen LogP contribution is 2.23. The van der Waals surface area contributed by atoms with Crippen molar-refractivity contribution < 1.29 is 0 Å². The van der Waals surface area contributed by atoms with E-state index in [1.807, 2.05) is 0 Å². The zero-order chi connectivity index (χ0) is 18.3. The molecule has 0 unspecified atom stereocenters. The summed E-state index contributed by atoms with van der Waals surface area (Å²) in [4.78, 5) is 0. The van der Waals surface area contributed by atoms with E-state index in [9.17, 15) is 0 Å². The molecule has 0 bridgehead atoms.